The first-order chi connectivity index (χ1) is 10.9. The highest BCUT2D eigenvalue weighted by Gasteiger charge is 2.34. The monoisotopic (exact) mass is 299 g/mol. The molecule has 0 spiro atoms. The molecule has 0 radical (unpaired) electrons. The molecule has 2 atom stereocenters. The Kier molecular flexibility index (Phi) is 3.86. The molecule has 1 saturated heterocycles. The van der Waals surface area contributed by atoms with Crippen molar-refractivity contribution in [1.29, 1.82) is 0 Å². The molecule has 1 aromatic heterocycles. The summed E-state index contributed by atoms with van der Waals surface area (Å²) in [5, 5.41) is 12.3. The van der Waals surface area contributed by atoms with E-state index in [1.807, 2.05) is 35.0 Å². The van der Waals surface area contributed by atoms with Crippen molar-refractivity contribution in [2.75, 3.05) is 13.2 Å². The lowest BCUT2D eigenvalue weighted by atomic mass is 9.90. The SMILES string of the molecule is c1ccc(-n2nnnc2CN2CCO[C@@H]3CCCC[C@@H]32)cc1. The van der Waals surface area contributed by atoms with Gasteiger partial charge in [0, 0.05) is 12.6 Å². The Hall–Kier alpha value is -1.79. The fourth-order valence-electron chi connectivity index (χ4n) is 3.63. The molecule has 2 heterocycles. The highest BCUT2D eigenvalue weighted by molar-refractivity contribution is 5.30. The third-order valence-electron chi connectivity index (χ3n) is 4.73. The minimum absolute atomic E-state index is 0.392. The zero-order valence-corrected chi connectivity index (χ0v) is 12.6. The van der Waals surface area contributed by atoms with Gasteiger partial charge in [0.1, 0.15) is 0 Å². The van der Waals surface area contributed by atoms with E-state index in [2.05, 4.69) is 20.4 Å². The van der Waals surface area contributed by atoms with Crippen LogP contribution in [0.1, 0.15) is 31.5 Å². The number of morpholine rings is 1. The van der Waals surface area contributed by atoms with Gasteiger partial charge in [-0.1, -0.05) is 31.0 Å². The summed E-state index contributed by atoms with van der Waals surface area (Å²) in [5.41, 5.74) is 1.01. The van der Waals surface area contributed by atoms with E-state index >= 15 is 0 Å². The maximum atomic E-state index is 5.95. The van der Waals surface area contributed by atoms with Crippen molar-refractivity contribution >= 4 is 0 Å². The molecule has 1 aliphatic heterocycles. The van der Waals surface area contributed by atoms with Crippen molar-refractivity contribution in [3.8, 4) is 5.69 Å². The molecular weight excluding hydrogens is 278 g/mol. The number of aromatic nitrogens is 4. The van der Waals surface area contributed by atoms with E-state index in [1.54, 1.807) is 0 Å². The smallest absolute Gasteiger partial charge is 0.170 e. The van der Waals surface area contributed by atoms with E-state index in [0.717, 1.165) is 31.2 Å². The van der Waals surface area contributed by atoms with Crippen LogP contribution in [0.5, 0.6) is 0 Å². The van der Waals surface area contributed by atoms with E-state index < -0.39 is 0 Å². The largest absolute Gasteiger partial charge is 0.375 e. The van der Waals surface area contributed by atoms with E-state index in [0.29, 0.717) is 12.1 Å². The summed E-state index contributed by atoms with van der Waals surface area (Å²) in [6.45, 7) is 2.56. The molecule has 1 aliphatic carbocycles. The minimum Gasteiger partial charge on any atom is -0.375 e. The van der Waals surface area contributed by atoms with Crippen molar-refractivity contribution in [3.63, 3.8) is 0 Å². The average Bonchev–Trinajstić information content (AvgIpc) is 3.04. The second-order valence-electron chi connectivity index (χ2n) is 6.07. The molecule has 6 nitrogen and oxygen atoms in total. The molecule has 22 heavy (non-hydrogen) atoms. The number of para-hydroxylation sites is 1. The Morgan fingerprint density at radius 1 is 1.14 bits per heavy atom. The van der Waals surface area contributed by atoms with Gasteiger partial charge < -0.3 is 4.74 Å². The average molecular weight is 299 g/mol. The summed E-state index contributed by atoms with van der Waals surface area (Å²) in [4.78, 5) is 2.50. The molecule has 2 aliphatic rings. The van der Waals surface area contributed by atoms with Crippen LogP contribution in [0.4, 0.5) is 0 Å². The van der Waals surface area contributed by atoms with Crippen LogP contribution in [0, 0.1) is 0 Å². The lowest BCUT2D eigenvalue weighted by Crippen LogP contribution is -2.52. The third-order valence-corrected chi connectivity index (χ3v) is 4.73. The molecule has 2 aromatic rings. The molecule has 0 unspecified atom stereocenters. The highest BCUT2D eigenvalue weighted by atomic mass is 16.5. The van der Waals surface area contributed by atoms with Crippen LogP contribution in [0.2, 0.25) is 0 Å². The molecule has 4 rings (SSSR count). The Bertz CT molecular complexity index is 612. The van der Waals surface area contributed by atoms with Crippen molar-refractivity contribution in [2.45, 2.75) is 44.4 Å². The van der Waals surface area contributed by atoms with E-state index in [1.165, 1.54) is 25.7 Å². The quantitative estimate of drug-likeness (QED) is 0.865. The Morgan fingerprint density at radius 2 is 2.00 bits per heavy atom. The van der Waals surface area contributed by atoms with Gasteiger partial charge in [0.25, 0.3) is 0 Å². The number of hydrogen-bond donors (Lipinski definition) is 0. The molecule has 0 N–H and O–H groups in total. The first kappa shape index (κ1) is 13.8. The molecule has 116 valence electrons. The first-order valence-electron chi connectivity index (χ1n) is 8.10. The fraction of sp³-hybridized carbons (Fsp3) is 0.562. The topological polar surface area (TPSA) is 56.1 Å². The molecule has 0 amide bonds. The normalized spacial score (nSPS) is 25.8. The fourth-order valence-corrected chi connectivity index (χ4v) is 3.63. The number of tetrazole rings is 1. The number of fused-ring (bicyclic) bond motifs is 1. The predicted octanol–water partition coefficient (Wildman–Crippen LogP) is 1.81. The summed E-state index contributed by atoms with van der Waals surface area (Å²) in [6, 6.07) is 10.6. The van der Waals surface area contributed by atoms with Gasteiger partial charge in [-0.3, -0.25) is 4.90 Å². The lowest BCUT2D eigenvalue weighted by molar-refractivity contribution is -0.0919. The van der Waals surface area contributed by atoms with Crippen LogP contribution in [-0.4, -0.2) is 50.4 Å². The number of hydrogen-bond acceptors (Lipinski definition) is 5. The molecule has 1 saturated carbocycles. The summed E-state index contributed by atoms with van der Waals surface area (Å²) in [6.07, 6.45) is 5.38. The van der Waals surface area contributed by atoms with Crippen molar-refractivity contribution in [3.05, 3.63) is 36.2 Å². The van der Waals surface area contributed by atoms with Gasteiger partial charge in [-0.05, 0) is 35.4 Å². The van der Waals surface area contributed by atoms with Crippen LogP contribution >= 0.6 is 0 Å². The lowest BCUT2D eigenvalue weighted by Gasteiger charge is -2.43. The molecule has 6 heteroatoms. The predicted molar refractivity (Wildman–Crippen MR) is 81.6 cm³/mol. The van der Waals surface area contributed by atoms with Gasteiger partial charge in [-0.25, -0.2) is 0 Å². The zero-order chi connectivity index (χ0) is 14.8. The van der Waals surface area contributed by atoms with Crippen molar-refractivity contribution in [2.24, 2.45) is 0 Å². The molecule has 2 fully saturated rings. The van der Waals surface area contributed by atoms with Crippen LogP contribution < -0.4 is 0 Å². The summed E-state index contributed by atoms with van der Waals surface area (Å²) in [7, 11) is 0. The molecular formula is C16H21N5O. The van der Waals surface area contributed by atoms with E-state index in [-0.39, 0.29) is 0 Å². The zero-order valence-electron chi connectivity index (χ0n) is 12.6. The summed E-state index contributed by atoms with van der Waals surface area (Å²) < 4.78 is 7.79. The molecule has 1 aromatic carbocycles. The van der Waals surface area contributed by atoms with E-state index in [4.69, 9.17) is 4.74 Å². The van der Waals surface area contributed by atoms with Gasteiger partial charge in [0.2, 0.25) is 0 Å². The maximum absolute atomic E-state index is 5.95. The van der Waals surface area contributed by atoms with Crippen molar-refractivity contribution < 1.29 is 4.74 Å². The first-order valence-corrected chi connectivity index (χ1v) is 8.10. The van der Waals surface area contributed by atoms with Gasteiger partial charge in [-0.15, -0.1) is 5.10 Å². The Morgan fingerprint density at radius 3 is 2.91 bits per heavy atom. The maximum Gasteiger partial charge on any atom is 0.170 e. The van der Waals surface area contributed by atoms with Gasteiger partial charge >= 0.3 is 0 Å². The number of rotatable bonds is 3. The number of nitrogens with zero attached hydrogens (tertiary/aromatic N) is 5. The van der Waals surface area contributed by atoms with Crippen LogP contribution in [0.15, 0.2) is 30.3 Å². The van der Waals surface area contributed by atoms with Gasteiger partial charge in [-0.2, -0.15) is 4.68 Å². The van der Waals surface area contributed by atoms with Crippen LogP contribution in [0.25, 0.3) is 5.69 Å². The van der Waals surface area contributed by atoms with E-state index in [9.17, 15) is 0 Å². The summed E-state index contributed by atoms with van der Waals surface area (Å²) >= 11 is 0. The standard InChI is InChI=1S/C16H21N5O/c1-2-6-13(7-3-1)21-16(17-18-19-21)12-20-10-11-22-15-9-5-4-8-14(15)20/h1-3,6-7,14-15H,4-5,8-12H2/t14-,15+/m0/s1. The van der Waals surface area contributed by atoms with Crippen LogP contribution in [-0.2, 0) is 11.3 Å². The summed E-state index contributed by atoms with van der Waals surface area (Å²) in [5.74, 6) is 0.900. The number of benzene rings is 1. The second-order valence-corrected chi connectivity index (χ2v) is 6.07. The van der Waals surface area contributed by atoms with Crippen molar-refractivity contribution in [1.82, 2.24) is 25.1 Å². The minimum atomic E-state index is 0.392. The van der Waals surface area contributed by atoms with Gasteiger partial charge in [0.05, 0.1) is 24.9 Å². The van der Waals surface area contributed by atoms with Crippen LogP contribution in [0.3, 0.4) is 0 Å². The second kappa shape index (κ2) is 6.14. The highest BCUT2D eigenvalue weighted by Crippen LogP contribution is 2.29. The molecule has 0 bridgehead atoms. The Labute approximate surface area is 130 Å². The number of ether oxygens (including phenoxy) is 1. The van der Waals surface area contributed by atoms with Gasteiger partial charge in [0.15, 0.2) is 5.82 Å². The Balaban J connectivity index is 1.55. The third kappa shape index (κ3) is 2.64.